The second-order valence-corrected chi connectivity index (χ2v) is 7.64. The Morgan fingerprint density at radius 3 is 2.75 bits per heavy atom. The van der Waals surface area contributed by atoms with E-state index in [4.69, 9.17) is 0 Å². The lowest BCUT2D eigenvalue weighted by atomic mass is 9.97. The maximum absolute atomic E-state index is 13.4. The molecule has 0 radical (unpaired) electrons. The van der Waals surface area contributed by atoms with Gasteiger partial charge in [-0.1, -0.05) is 25.0 Å². The average molecular weight is 332 g/mol. The summed E-state index contributed by atoms with van der Waals surface area (Å²) >= 11 is 0. The lowest BCUT2D eigenvalue weighted by Crippen LogP contribution is -2.41. The lowest BCUT2D eigenvalue weighted by molar-refractivity contribution is -0.131. The highest BCUT2D eigenvalue weighted by Gasteiger charge is 2.28. The maximum atomic E-state index is 13.4. The van der Waals surface area contributed by atoms with E-state index in [9.17, 15) is 9.18 Å². The molecule has 2 fully saturated rings. The van der Waals surface area contributed by atoms with Gasteiger partial charge in [-0.05, 0) is 62.8 Å². The highest BCUT2D eigenvalue weighted by molar-refractivity contribution is 5.78. The van der Waals surface area contributed by atoms with Gasteiger partial charge in [0.2, 0.25) is 5.91 Å². The summed E-state index contributed by atoms with van der Waals surface area (Å²) in [6.45, 7) is 4.06. The first-order chi connectivity index (χ1) is 11.5. The molecule has 2 aliphatic rings. The van der Waals surface area contributed by atoms with Crippen LogP contribution in [0.5, 0.6) is 0 Å². The monoisotopic (exact) mass is 332 g/mol. The molecule has 1 unspecified atom stereocenters. The number of hydrogen-bond donors (Lipinski definition) is 0. The first kappa shape index (κ1) is 17.4. The number of likely N-dealkylation sites (tertiary alicyclic amines) is 1. The molecule has 1 aliphatic carbocycles. The Balaban J connectivity index is 1.49. The molecule has 4 heteroatoms. The Kier molecular flexibility index (Phi) is 5.54. The number of likely N-dealkylation sites (N-methyl/N-ethyl adjacent to an activating group) is 1. The van der Waals surface area contributed by atoms with Crippen LogP contribution in [-0.2, 0) is 11.2 Å². The molecule has 132 valence electrons. The molecule has 24 heavy (non-hydrogen) atoms. The van der Waals surface area contributed by atoms with Crippen LogP contribution in [0, 0.1) is 18.7 Å². The van der Waals surface area contributed by atoms with Gasteiger partial charge in [-0.3, -0.25) is 9.69 Å². The number of carbonyl (C=O) groups excluding carboxylic acids is 1. The molecule has 0 aromatic heterocycles. The fraction of sp³-hybridized carbons (Fsp3) is 0.650. The van der Waals surface area contributed by atoms with Crippen LogP contribution < -0.4 is 0 Å². The largest absolute Gasteiger partial charge is 0.341 e. The van der Waals surface area contributed by atoms with E-state index < -0.39 is 0 Å². The zero-order chi connectivity index (χ0) is 17.1. The van der Waals surface area contributed by atoms with E-state index in [1.54, 1.807) is 6.07 Å². The summed E-state index contributed by atoms with van der Waals surface area (Å²) in [5.41, 5.74) is 1.88. The average Bonchev–Trinajstić information content (AvgIpc) is 3.22. The molecule has 1 saturated heterocycles. The Morgan fingerprint density at radius 1 is 1.29 bits per heavy atom. The molecule has 0 spiro atoms. The summed E-state index contributed by atoms with van der Waals surface area (Å²) in [5, 5.41) is 0. The molecule has 1 atom stereocenters. The molecule has 1 aromatic carbocycles. The third-order valence-electron chi connectivity index (χ3n) is 5.72. The van der Waals surface area contributed by atoms with Crippen LogP contribution in [0.25, 0.3) is 0 Å². The van der Waals surface area contributed by atoms with Gasteiger partial charge in [0.1, 0.15) is 5.82 Å². The minimum atomic E-state index is -0.142. The predicted molar refractivity (Wildman–Crippen MR) is 94.4 cm³/mol. The maximum Gasteiger partial charge on any atom is 0.236 e. The molecule has 1 aliphatic heterocycles. The van der Waals surface area contributed by atoms with Crippen molar-refractivity contribution in [3.05, 3.63) is 35.1 Å². The SMILES string of the molecule is Cc1cc(CC2CCN(C(=O)CN(C)C3CCCC3)C2)ccc1F. The normalized spacial score (nSPS) is 21.8. The Bertz CT molecular complexity index is 583. The molecule has 3 rings (SSSR count). The van der Waals surface area contributed by atoms with E-state index >= 15 is 0 Å². The third kappa shape index (κ3) is 4.15. The highest BCUT2D eigenvalue weighted by atomic mass is 19.1. The molecular weight excluding hydrogens is 303 g/mol. The van der Waals surface area contributed by atoms with Crippen LogP contribution in [0.3, 0.4) is 0 Å². The zero-order valence-corrected chi connectivity index (χ0v) is 14.9. The number of aryl methyl sites for hydroxylation is 1. The van der Waals surface area contributed by atoms with E-state index in [0.717, 1.165) is 25.9 Å². The number of carbonyl (C=O) groups is 1. The second-order valence-electron chi connectivity index (χ2n) is 7.64. The van der Waals surface area contributed by atoms with Gasteiger partial charge in [-0.15, -0.1) is 0 Å². The van der Waals surface area contributed by atoms with Gasteiger partial charge >= 0.3 is 0 Å². The van der Waals surface area contributed by atoms with Crippen LogP contribution >= 0.6 is 0 Å². The molecule has 1 saturated carbocycles. The van der Waals surface area contributed by atoms with Crippen molar-refractivity contribution in [1.29, 1.82) is 0 Å². The van der Waals surface area contributed by atoms with Crippen LogP contribution in [0.2, 0.25) is 0 Å². The minimum absolute atomic E-state index is 0.142. The van der Waals surface area contributed by atoms with Gasteiger partial charge in [0.15, 0.2) is 0 Å². The zero-order valence-electron chi connectivity index (χ0n) is 14.9. The first-order valence-corrected chi connectivity index (χ1v) is 9.26. The van der Waals surface area contributed by atoms with Gasteiger partial charge in [0.05, 0.1) is 6.54 Å². The Morgan fingerprint density at radius 2 is 2.04 bits per heavy atom. The summed E-state index contributed by atoms with van der Waals surface area (Å²) < 4.78 is 13.4. The second kappa shape index (κ2) is 7.64. The van der Waals surface area contributed by atoms with Crippen molar-refractivity contribution >= 4 is 5.91 Å². The summed E-state index contributed by atoms with van der Waals surface area (Å²) in [4.78, 5) is 16.8. The van der Waals surface area contributed by atoms with Crippen LogP contribution in [-0.4, -0.2) is 48.4 Å². The van der Waals surface area contributed by atoms with Crippen molar-refractivity contribution < 1.29 is 9.18 Å². The van der Waals surface area contributed by atoms with Crippen molar-refractivity contribution in [2.45, 2.75) is 51.5 Å². The van der Waals surface area contributed by atoms with Crippen molar-refractivity contribution in [2.75, 3.05) is 26.7 Å². The molecule has 1 amide bonds. The number of benzene rings is 1. The Labute approximate surface area is 144 Å². The summed E-state index contributed by atoms with van der Waals surface area (Å²) in [6, 6.07) is 5.96. The number of rotatable bonds is 5. The highest BCUT2D eigenvalue weighted by Crippen LogP contribution is 2.24. The lowest BCUT2D eigenvalue weighted by Gasteiger charge is -2.26. The number of halogens is 1. The quantitative estimate of drug-likeness (QED) is 0.825. The first-order valence-electron chi connectivity index (χ1n) is 9.26. The van der Waals surface area contributed by atoms with E-state index in [2.05, 4.69) is 11.9 Å². The minimum Gasteiger partial charge on any atom is -0.341 e. The summed E-state index contributed by atoms with van der Waals surface area (Å²) in [6.07, 6.45) is 7.05. The molecule has 1 aromatic rings. The standard InChI is InChI=1S/C20H29FN2O/c1-15-11-16(7-8-19(15)21)12-17-9-10-23(13-17)20(24)14-22(2)18-5-3-4-6-18/h7-8,11,17-18H,3-6,9-10,12-14H2,1-2H3. The summed E-state index contributed by atoms with van der Waals surface area (Å²) in [5.74, 6) is 0.620. The summed E-state index contributed by atoms with van der Waals surface area (Å²) in [7, 11) is 2.09. The van der Waals surface area contributed by atoms with Gasteiger partial charge < -0.3 is 4.90 Å². The topological polar surface area (TPSA) is 23.6 Å². The van der Waals surface area contributed by atoms with E-state index in [-0.39, 0.29) is 11.7 Å². The van der Waals surface area contributed by atoms with Crippen molar-refractivity contribution in [1.82, 2.24) is 9.80 Å². The van der Waals surface area contributed by atoms with Crippen molar-refractivity contribution in [3.63, 3.8) is 0 Å². The van der Waals surface area contributed by atoms with Crippen LogP contribution in [0.1, 0.15) is 43.2 Å². The molecule has 0 N–H and O–H groups in total. The Hall–Kier alpha value is -1.42. The van der Waals surface area contributed by atoms with E-state index in [1.807, 2.05) is 24.0 Å². The molecule has 1 heterocycles. The van der Waals surface area contributed by atoms with Gasteiger partial charge in [0.25, 0.3) is 0 Å². The number of hydrogen-bond acceptors (Lipinski definition) is 2. The molecule has 3 nitrogen and oxygen atoms in total. The van der Waals surface area contributed by atoms with Crippen molar-refractivity contribution in [2.24, 2.45) is 5.92 Å². The van der Waals surface area contributed by atoms with Crippen LogP contribution in [0.15, 0.2) is 18.2 Å². The molecular formula is C20H29FN2O. The van der Waals surface area contributed by atoms with Gasteiger partial charge in [0, 0.05) is 19.1 Å². The third-order valence-corrected chi connectivity index (χ3v) is 5.72. The fourth-order valence-electron chi connectivity index (χ4n) is 4.18. The number of amides is 1. The van der Waals surface area contributed by atoms with Crippen molar-refractivity contribution in [3.8, 4) is 0 Å². The smallest absolute Gasteiger partial charge is 0.236 e. The van der Waals surface area contributed by atoms with Crippen LogP contribution in [0.4, 0.5) is 4.39 Å². The van der Waals surface area contributed by atoms with Gasteiger partial charge in [-0.25, -0.2) is 4.39 Å². The molecule has 0 bridgehead atoms. The number of nitrogens with zero attached hydrogens (tertiary/aromatic N) is 2. The van der Waals surface area contributed by atoms with E-state index in [1.165, 1.54) is 31.2 Å². The predicted octanol–water partition coefficient (Wildman–Crippen LogP) is 3.40. The van der Waals surface area contributed by atoms with E-state index in [0.29, 0.717) is 24.1 Å². The fourth-order valence-corrected chi connectivity index (χ4v) is 4.18. The van der Waals surface area contributed by atoms with Gasteiger partial charge in [-0.2, -0.15) is 0 Å².